The molecule has 0 aliphatic rings. The SMILES string of the molecule is C=C(C)C(=O)Nc1ccc(Cl)c(C(F)(F)F)c1.Nc1ccc(Cl)c(C(F)(F)F)c1. The molecule has 0 aromatic heterocycles. The number of rotatable bonds is 2. The van der Waals surface area contributed by atoms with Crippen LogP contribution in [-0.4, -0.2) is 5.91 Å². The van der Waals surface area contributed by atoms with Crippen molar-refractivity contribution in [3.8, 4) is 0 Å². The van der Waals surface area contributed by atoms with Crippen LogP contribution in [0.4, 0.5) is 37.7 Å². The molecule has 0 bridgehead atoms. The van der Waals surface area contributed by atoms with E-state index in [0.717, 1.165) is 24.3 Å². The Bertz CT molecular complexity index is 910. The zero-order valence-corrected chi connectivity index (χ0v) is 16.2. The Morgan fingerprint density at radius 2 is 1.38 bits per heavy atom. The minimum atomic E-state index is -4.55. The highest BCUT2D eigenvalue weighted by Crippen LogP contribution is 2.36. The third kappa shape index (κ3) is 7.51. The molecule has 1 amide bonds. The molecule has 0 unspecified atom stereocenters. The average molecular weight is 459 g/mol. The summed E-state index contributed by atoms with van der Waals surface area (Å²) in [6, 6.07) is 6.40. The van der Waals surface area contributed by atoms with Crippen LogP contribution in [0.3, 0.4) is 0 Å². The zero-order valence-electron chi connectivity index (χ0n) is 14.7. The number of amides is 1. The maximum Gasteiger partial charge on any atom is 0.417 e. The van der Waals surface area contributed by atoms with E-state index in [0.29, 0.717) is 0 Å². The molecule has 0 spiro atoms. The lowest BCUT2D eigenvalue weighted by Gasteiger charge is -2.11. The zero-order chi connectivity index (χ0) is 22.6. The number of nitrogens with one attached hydrogen (secondary N) is 1. The summed E-state index contributed by atoms with van der Waals surface area (Å²) in [5, 5.41) is 1.54. The number of anilines is 2. The average Bonchev–Trinajstić information content (AvgIpc) is 2.57. The van der Waals surface area contributed by atoms with E-state index in [4.69, 9.17) is 28.9 Å². The smallest absolute Gasteiger partial charge is 0.399 e. The van der Waals surface area contributed by atoms with E-state index in [9.17, 15) is 31.1 Å². The van der Waals surface area contributed by atoms with E-state index in [1.165, 1.54) is 19.1 Å². The minimum absolute atomic E-state index is 0.0229. The molecule has 0 heterocycles. The number of nitrogen functional groups attached to an aromatic ring is 1. The van der Waals surface area contributed by atoms with Crippen molar-refractivity contribution in [2.24, 2.45) is 0 Å². The van der Waals surface area contributed by atoms with Crippen LogP contribution in [0.15, 0.2) is 48.6 Å². The maximum absolute atomic E-state index is 12.5. The molecule has 0 atom stereocenters. The first kappa shape index (κ1) is 24.6. The molecule has 2 aromatic carbocycles. The van der Waals surface area contributed by atoms with Gasteiger partial charge in [0.25, 0.3) is 5.91 Å². The van der Waals surface area contributed by atoms with E-state index in [1.807, 2.05) is 0 Å². The van der Waals surface area contributed by atoms with E-state index >= 15 is 0 Å². The Morgan fingerprint density at radius 1 is 0.931 bits per heavy atom. The summed E-state index contributed by atoms with van der Waals surface area (Å²) in [6.07, 6.45) is -8.99. The van der Waals surface area contributed by atoms with Crippen LogP contribution < -0.4 is 11.1 Å². The van der Waals surface area contributed by atoms with E-state index < -0.39 is 34.4 Å². The van der Waals surface area contributed by atoms with Gasteiger partial charge in [-0.25, -0.2) is 0 Å². The van der Waals surface area contributed by atoms with E-state index in [-0.39, 0.29) is 22.0 Å². The van der Waals surface area contributed by atoms with Gasteiger partial charge in [-0.1, -0.05) is 29.8 Å². The third-order valence-electron chi connectivity index (χ3n) is 3.21. The second-order valence-electron chi connectivity index (χ2n) is 5.66. The highest BCUT2D eigenvalue weighted by molar-refractivity contribution is 6.31. The number of alkyl halides is 6. The highest BCUT2D eigenvalue weighted by atomic mass is 35.5. The number of carbonyl (C=O) groups is 1. The Kier molecular flexibility index (Phi) is 7.99. The molecule has 158 valence electrons. The molecule has 0 fully saturated rings. The van der Waals surface area contributed by atoms with Gasteiger partial charge in [-0.15, -0.1) is 0 Å². The fourth-order valence-electron chi connectivity index (χ4n) is 1.82. The Hall–Kier alpha value is -2.39. The fourth-order valence-corrected chi connectivity index (χ4v) is 2.27. The van der Waals surface area contributed by atoms with Crippen LogP contribution in [0.25, 0.3) is 0 Å². The van der Waals surface area contributed by atoms with Gasteiger partial charge >= 0.3 is 12.4 Å². The molecule has 3 nitrogen and oxygen atoms in total. The van der Waals surface area contributed by atoms with E-state index in [2.05, 4.69) is 11.9 Å². The molecule has 2 rings (SSSR count). The second kappa shape index (κ2) is 9.41. The normalized spacial score (nSPS) is 11.3. The van der Waals surface area contributed by atoms with Gasteiger partial charge in [0.1, 0.15) is 0 Å². The third-order valence-corrected chi connectivity index (χ3v) is 3.87. The topological polar surface area (TPSA) is 55.1 Å². The lowest BCUT2D eigenvalue weighted by molar-refractivity contribution is -0.138. The molecule has 11 heteroatoms. The van der Waals surface area contributed by atoms with Gasteiger partial charge in [-0.3, -0.25) is 4.79 Å². The van der Waals surface area contributed by atoms with Gasteiger partial charge in [0, 0.05) is 16.9 Å². The van der Waals surface area contributed by atoms with Crippen LogP contribution in [0, 0.1) is 0 Å². The van der Waals surface area contributed by atoms with Gasteiger partial charge in [0.2, 0.25) is 0 Å². The molecular weight excluding hydrogens is 445 g/mol. The molecule has 0 aliphatic carbocycles. The first-order valence-electron chi connectivity index (χ1n) is 7.58. The lowest BCUT2D eigenvalue weighted by Crippen LogP contribution is -2.13. The fraction of sp³-hybridized carbons (Fsp3) is 0.167. The van der Waals surface area contributed by atoms with Crippen molar-refractivity contribution in [1.29, 1.82) is 0 Å². The summed E-state index contributed by atoms with van der Waals surface area (Å²) >= 11 is 10.7. The van der Waals surface area contributed by atoms with Crippen molar-refractivity contribution in [3.05, 3.63) is 69.7 Å². The summed E-state index contributed by atoms with van der Waals surface area (Å²) < 4.78 is 73.8. The molecule has 2 aromatic rings. The number of hydrogen-bond donors (Lipinski definition) is 2. The Balaban J connectivity index is 0.000000308. The molecule has 0 aliphatic heterocycles. The first-order valence-corrected chi connectivity index (χ1v) is 8.34. The molecule has 3 N–H and O–H groups in total. The number of halogens is 8. The Morgan fingerprint density at radius 3 is 1.79 bits per heavy atom. The summed E-state index contributed by atoms with van der Waals surface area (Å²) in [6.45, 7) is 4.83. The van der Waals surface area contributed by atoms with Crippen molar-refractivity contribution in [2.45, 2.75) is 19.3 Å². The monoisotopic (exact) mass is 458 g/mol. The summed E-state index contributed by atoms with van der Waals surface area (Å²) in [4.78, 5) is 11.2. The van der Waals surface area contributed by atoms with Gasteiger partial charge in [-0.05, 0) is 43.3 Å². The molecule has 29 heavy (non-hydrogen) atoms. The Labute approximate surface area is 172 Å². The number of benzene rings is 2. The second-order valence-corrected chi connectivity index (χ2v) is 6.48. The largest absolute Gasteiger partial charge is 0.417 e. The summed E-state index contributed by atoms with van der Waals surface area (Å²) in [5.74, 6) is -0.541. The van der Waals surface area contributed by atoms with Gasteiger partial charge in [0.15, 0.2) is 0 Å². The summed E-state index contributed by atoms with van der Waals surface area (Å²) in [5.41, 5.74) is 3.55. The molecule has 0 saturated heterocycles. The van der Waals surface area contributed by atoms with Crippen molar-refractivity contribution in [1.82, 2.24) is 0 Å². The highest BCUT2D eigenvalue weighted by Gasteiger charge is 2.34. The minimum Gasteiger partial charge on any atom is -0.399 e. The molecule has 0 saturated carbocycles. The quantitative estimate of drug-likeness (QED) is 0.294. The lowest BCUT2D eigenvalue weighted by atomic mass is 10.2. The van der Waals surface area contributed by atoms with Crippen LogP contribution in [-0.2, 0) is 17.1 Å². The van der Waals surface area contributed by atoms with Crippen molar-refractivity contribution >= 4 is 40.5 Å². The van der Waals surface area contributed by atoms with Crippen molar-refractivity contribution in [2.75, 3.05) is 11.1 Å². The standard InChI is InChI=1S/C11H9ClF3NO.C7H5ClF3N/c1-6(2)10(17)16-7-3-4-9(12)8(5-7)11(13,14)15;8-6-2-1-4(12)3-5(6)7(9,10)11/h3-5H,1H2,2H3,(H,16,17);1-3H,12H2. The van der Waals surface area contributed by atoms with Crippen molar-refractivity contribution in [3.63, 3.8) is 0 Å². The number of hydrogen-bond acceptors (Lipinski definition) is 2. The van der Waals surface area contributed by atoms with Gasteiger partial charge in [0.05, 0.1) is 21.2 Å². The van der Waals surface area contributed by atoms with Gasteiger partial charge in [-0.2, -0.15) is 26.3 Å². The predicted molar refractivity (Wildman–Crippen MR) is 101 cm³/mol. The summed E-state index contributed by atoms with van der Waals surface area (Å²) in [7, 11) is 0. The number of carbonyl (C=O) groups excluding carboxylic acids is 1. The van der Waals surface area contributed by atoms with Gasteiger partial charge < -0.3 is 11.1 Å². The maximum atomic E-state index is 12.5. The number of nitrogens with two attached hydrogens (primary N) is 1. The molecule has 0 radical (unpaired) electrons. The molecular formula is C18H14Cl2F6N2O. The van der Waals surface area contributed by atoms with E-state index in [1.54, 1.807) is 0 Å². The first-order chi connectivity index (χ1) is 13.1. The van der Waals surface area contributed by atoms with Crippen LogP contribution in [0.2, 0.25) is 10.0 Å². The van der Waals surface area contributed by atoms with Crippen molar-refractivity contribution < 1.29 is 31.1 Å². The van der Waals surface area contributed by atoms with Crippen LogP contribution in [0.1, 0.15) is 18.1 Å². The predicted octanol–water partition coefficient (Wildman–Crippen LogP) is 6.81. The van der Waals surface area contributed by atoms with Crippen LogP contribution >= 0.6 is 23.2 Å². The van der Waals surface area contributed by atoms with Crippen LogP contribution in [0.5, 0.6) is 0 Å².